The van der Waals surface area contributed by atoms with Crippen LogP contribution in [0.5, 0.6) is 0 Å². The number of H-pyrrole nitrogens is 1. The van der Waals surface area contributed by atoms with E-state index in [4.69, 9.17) is 4.74 Å². The number of para-hydroxylation sites is 2. The van der Waals surface area contributed by atoms with Gasteiger partial charge in [-0.1, -0.05) is 12.1 Å². The molecule has 8 nitrogen and oxygen atoms in total. The Morgan fingerprint density at radius 3 is 2.92 bits per heavy atom. The lowest BCUT2D eigenvalue weighted by Gasteiger charge is -2.32. The van der Waals surface area contributed by atoms with Gasteiger partial charge in [0, 0.05) is 30.9 Å². The highest BCUT2D eigenvalue weighted by Crippen LogP contribution is 2.30. The fraction of sp³-hybridized carbons (Fsp3) is 0.389. The number of aromatic nitrogens is 2. The first-order valence-corrected chi connectivity index (χ1v) is 8.81. The van der Waals surface area contributed by atoms with E-state index in [1.807, 2.05) is 29.2 Å². The molecule has 0 aliphatic carbocycles. The topological polar surface area (TPSA) is 90.6 Å². The summed E-state index contributed by atoms with van der Waals surface area (Å²) in [5.74, 6) is 0.265. The number of nitrogens with one attached hydrogen (secondary N) is 2. The minimum atomic E-state index is -0.385. The van der Waals surface area contributed by atoms with Gasteiger partial charge in [-0.15, -0.1) is 0 Å². The maximum Gasteiger partial charge on any atom is 0.414 e. The zero-order valence-electron chi connectivity index (χ0n) is 14.4. The van der Waals surface area contributed by atoms with E-state index in [2.05, 4.69) is 15.5 Å². The molecule has 0 spiro atoms. The van der Waals surface area contributed by atoms with Gasteiger partial charge in [0.1, 0.15) is 6.61 Å². The first kappa shape index (κ1) is 16.4. The predicted molar refractivity (Wildman–Crippen MR) is 96.3 cm³/mol. The van der Waals surface area contributed by atoms with Gasteiger partial charge in [-0.3, -0.25) is 10.00 Å². The molecule has 2 aromatic rings. The van der Waals surface area contributed by atoms with E-state index in [1.54, 1.807) is 17.2 Å². The molecule has 8 heteroatoms. The van der Waals surface area contributed by atoms with Gasteiger partial charge in [-0.2, -0.15) is 5.10 Å². The zero-order chi connectivity index (χ0) is 17.9. The van der Waals surface area contributed by atoms with Crippen LogP contribution >= 0.6 is 0 Å². The fourth-order valence-electron chi connectivity index (χ4n) is 3.53. The highest BCUT2D eigenvalue weighted by atomic mass is 16.6. The first-order valence-electron chi connectivity index (χ1n) is 8.81. The number of nitrogens with zero attached hydrogens (tertiary/aromatic N) is 3. The second-order valence-corrected chi connectivity index (χ2v) is 6.51. The third-order valence-electron chi connectivity index (χ3n) is 4.87. The highest BCUT2D eigenvalue weighted by Gasteiger charge is 2.28. The number of cyclic esters (lactones) is 1. The predicted octanol–water partition coefficient (Wildman–Crippen LogP) is 2.78. The monoisotopic (exact) mass is 355 g/mol. The normalized spacial score (nSPS) is 20.2. The van der Waals surface area contributed by atoms with Crippen molar-refractivity contribution in [2.75, 3.05) is 36.5 Å². The zero-order valence-corrected chi connectivity index (χ0v) is 14.4. The summed E-state index contributed by atoms with van der Waals surface area (Å²) in [5, 5.41) is 9.96. The summed E-state index contributed by atoms with van der Waals surface area (Å²) in [7, 11) is 0. The van der Waals surface area contributed by atoms with Crippen molar-refractivity contribution >= 4 is 23.5 Å². The van der Waals surface area contributed by atoms with Crippen LogP contribution < -0.4 is 10.2 Å². The second kappa shape index (κ2) is 7.07. The van der Waals surface area contributed by atoms with Gasteiger partial charge in [0.25, 0.3) is 0 Å². The number of anilines is 2. The summed E-state index contributed by atoms with van der Waals surface area (Å²) < 4.78 is 5.01. The molecule has 0 unspecified atom stereocenters. The molecule has 3 heterocycles. The molecule has 1 aromatic heterocycles. The van der Waals surface area contributed by atoms with Crippen molar-refractivity contribution in [3.63, 3.8) is 0 Å². The summed E-state index contributed by atoms with van der Waals surface area (Å²) in [4.78, 5) is 28.0. The van der Waals surface area contributed by atoms with E-state index < -0.39 is 0 Å². The number of urea groups is 1. The van der Waals surface area contributed by atoms with Gasteiger partial charge in [0.05, 0.1) is 17.9 Å². The van der Waals surface area contributed by atoms with Crippen LogP contribution in [0.1, 0.15) is 24.5 Å². The van der Waals surface area contributed by atoms with Crippen LogP contribution in [0, 0.1) is 0 Å². The smallest absolute Gasteiger partial charge is 0.414 e. The molecule has 1 atom stereocenters. The summed E-state index contributed by atoms with van der Waals surface area (Å²) in [6.07, 6.45) is 3.32. The number of rotatable bonds is 3. The van der Waals surface area contributed by atoms with Crippen LogP contribution in [0.25, 0.3) is 0 Å². The van der Waals surface area contributed by atoms with E-state index in [0.29, 0.717) is 37.6 Å². The molecular formula is C18H21N5O3. The quantitative estimate of drug-likeness (QED) is 0.886. The lowest BCUT2D eigenvalue weighted by atomic mass is 9.95. The number of carbonyl (C=O) groups is 2. The van der Waals surface area contributed by atoms with E-state index in [-0.39, 0.29) is 18.0 Å². The lowest BCUT2D eigenvalue weighted by Crippen LogP contribution is -2.42. The number of hydrogen-bond donors (Lipinski definition) is 2. The molecule has 2 aliphatic heterocycles. The standard InChI is InChI=1S/C18H21N5O3/c24-17(22-9-3-4-13(12-22)14-7-8-19-21-14)20-15-5-1-2-6-16(15)23-10-11-26-18(23)25/h1-2,5-8,13H,3-4,9-12H2,(H,19,21)(H,20,24)/t13-/m1/s1. The second-order valence-electron chi connectivity index (χ2n) is 6.51. The highest BCUT2D eigenvalue weighted by molar-refractivity contribution is 5.99. The number of benzene rings is 1. The minimum absolute atomic E-state index is 0.158. The Kier molecular flexibility index (Phi) is 4.47. The summed E-state index contributed by atoms with van der Waals surface area (Å²) in [5.41, 5.74) is 2.33. The Morgan fingerprint density at radius 1 is 1.27 bits per heavy atom. The number of amides is 3. The van der Waals surface area contributed by atoms with Crippen molar-refractivity contribution in [1.82, 2.24) is 15.1 Å². The number of piperidine rings is 1. The summed E-state index contributed by atoms with van der Waals surface area (Å²) in [6, 6.07) is 9.09. The Balaban J connectivity index is 1.47. The molecule has 0 saturated carbocycles. The van der Waals surface area contributed by atoms with Crippen LogP contribution in [-0.2, 0) is 4.74 Å². The molecule has 2 aliphatic rings. The molecule has 0 bridgehead atoms. The van der Waals surface area contributed by atoms with Gasteiger partial charge in [-0.05, 0) is 31.0 Å². The van der Waals surface area contributed by atoms with Crippen molar-refractivity contribution in [1.29, 1.82) is 0 Å². The fourth-order valence-corrected chi connectivity index (χ4v) is 3.53. The van der Waals surface area contributed by atoms with Crippen molar-refractivity contribution in [3.8, 4) is 0 Å². The summed E-state index contributed by atoms with van der Waals surface area (Å²) in [6.45, 7) is 2.20. The average molecular weight is 355 g/mol. The van der Waals surface area contributed by atoms with Crippen molar-refractivity contribution < 1.29 is 14.3 Å². The number of hydrogen-bond acceptors (Lipinski definition) is 4. The van der Waals surface area contributed by atoms with Crippen molar-refractivity contribution in [2.24, 2.45) is 0 Å². The molecule has 1 aromatic carbocycles. The molecule has 2 fully saturated rings. The third kappa shape index (κ3) is 3.22. The van der Waals surface area contributed by atoms with E-state index in [1.165, 1.54) is 0 Å². The molecule has 3 amide bonds. The van der Waals surface area contributed by atoms with E-state index >= 15 is 0 Å². The average Bonchev–Trinajstić information content (AvgIpc) is 3.34. The minimum Gasteiger partial charge on any atom is -0.447 e. The van der Waals surface area contributed by atoms with Crippen LogP contribution in [0.15, 0.2) is 36.5 Å². The Morgan fingerprint density at radius 2 is 2.15 bits per heavy atom. The van der Waals surface area contributed by atoms with E-state index in [9.17, 15) is 9.59 Å². The maximum absolute atomic E-state index is 12.8. The first-order chi connectivity index (χ1) is 12.7. The molecule has 2 saturated heterocycles. The number of carbonyl (C=O) groups excluding carboxylic acids is 2. The molecule has 26 heavy (non-hydrogen) atoms. The van der Waals surface area contributed by atoms with E-state index in [0.717, 1.165) is 18.5 Å². The van der Waals surface area contributed by atoms with Crippen LogP contribution in [0.3, 0.4) is 0 Å². The third-order valence-corrected chi connectivity index (χ3v) is 4.87. The molecule has 4 rings (SSSR count). The van der Waals surface area contributed by atoms with Gasteiger partial charge >= 0.3 is 12.1 Å². The number of aromatic amines is 1. The summed E-state index contributed by atoms with van der Waals surface area (Å²) >= 11 is 0. The van der Waals surface area contributed by atoms with Crippen molar-refractivity contribution in [3.05, 3.63) is 42.2 Å². The van der Waals surface area contributed by atoms with Crippen LogP contribution in [-0.4, -0.2) is 53.5 Å². The Bertz CT molecular complexity index is 792. The Labute approximate surface area is 151 Å². The van der Waals surface area contributed by atoms with Gasteiger partial charge in [0.15, 0.2) is 0 Å². The molecular weight excluding hydrogens is 334 g/mol. The van der Waals surface area contributed by atoms with Crippen LogP contribution in [0.2, 0.25) is 0 Å². The molecule has 2 N–H and O–H groups in total. The van der Waals surface area contributed by atoms with Gasteiger partial charge in [-0.25, -0.2) is 9.59 Å². The van der Waals surface area contributed by atoms with Gasteiger partial charge < -0.3 is 15.0 Å². The van der Waals surface area contributed by atoms with Crippen molar-refractivity contribution in [2.45, 2.75) is 18.8 Å². The maximum atomic E-state index is 12.8. The number of ether oxygens (including phenoxy) is 1. The number of likely N-dealkylation sites (tertiary alicyclic amines) is 1. The van der Waals surface area contributed by atoms with Crippen LogP contribution in [0.4, 0.5) is 21.0 Å². The molecule has 136 valence electrons. The molecule has 0 radical (unpaired) electrons. The largest absolute Gasteiger partial charge is 0.447 e. The Hall–Kier alpha value is -3.03. The lowest BCUT2D eigenvalue weighted by molar-refractivity contribution is 0.181. The van der Waals surface area contributed by atoms with Gasteiger partial charge in [0.2, 0.25) is 0 Å². The SMILES string of the molecule is O=C(Nc1ccccc1N1CCOC1=O)N1CCC[C@@H](c2ccn[nH]2)C1.